The Morgan fingerprint density at radius 2 is 2.25 bits per heavy atom. The fourth-order valence-electron chi connectivity index (χ4n) is 1.38. The summed E-state index contributed by atoms with van der Waals surface area (Å²) < 4.78 is 6.23. The molecule has 1 N–H and O–H groups in total. The number of rotatable bonds is 6. The standard InChI is InChI=1S/C12H16BrNO2/c1-9(15)4-3-7-14-11-8-10(13)5-6-12(11)16-2/h5-6,8,14H,3-4,7H2,1-2H3. The number of ketones is 1. The molecular weight excluding hydrogens is 270 g/mol. The highest BCUT2D eigenvalue weighted by Crippen LogP contribution is 2.27. The van der Waals surface area contributed by atoms with E-state index in [0.717, 1.165) is 28.9 Å². The van der Waals surface area contributed by atoms with E-state index in [0.29, 0.717) is 6.42 Å². The van der Waals surface area contributed by atoms with E-state index in [9.17, 15) is 4.79 Å². The van der Waals surface area contributed by atoms with Crippen LogP contribution in [-0.2, 0) is 4.79 Å². The quantitative estimate of drug-likeness (QED) is 0.816. The van der Waals surface area contributed by atoms with Gasteiger partial charge in [0, 0.05) is 17.4 Å². The third-order valence-corrected chi connectivity index (χ3v) is 2.68. The highest BCUT2D eigenvalue weighted by Gasteiger charge is 2.02. The molecule has 0 fully saturated rings. The van der Waals surface area contributed by atoms with E-state index >= 15 is 0 Å². The minimum Gasteiger partial charge on any atom is -0.495 e. The smallest absolute Gasteiger partial charge is 0.142 e. The first-order valence-corrected chi connectivity index (χ1v) is 5.99. The Kier molecular flexibility index (Phi) is 5.32. The van der Waals surface area contributed by atoms with Gasteiger partial charge in [-0.2, -0.15) is 0 Å². The summed E-state index contributed by atoms with van der Waals surface area (Å²) >= 11 is 3.41. The minimum atomic E-state index is 0.225. The molecule has 0 saturated carbocycles. The second kappa shape index (κ2) is 6.53. The fourth-order valence-corrected chi connectivity index (χ4v) is 1.74. The summed E-state index contributed by atoms with van der Waals surface area (Å²) in [6.45, 7) is 2.38. The van der Waals surface area contributed by atoms with Crippen LogP contribution in [0.15, 0.2) is 22.7 Å². The van der Waals surface area contributed by atoms with Gasteiger partial charge in [-0.25, -0.2) is 0 Å². The molecule has 88 valence electrons. The van der Waals surface area contributed by atoms with Crippen molar-refractivity contribution in [2.24, 2.45) is 0 Å². The average Bonchev–Trinajstić information content (AvgIpc) is 2.24. The molecule has 16 heavy (non-hydrogen) atoms. The lowest BCUT2D eigenvalue weighted by Crippen LogP contribution is -2.05. The molecule has 0 atom stereocenters. The molecule has 0 aliphatic carbocycles. The van der Waals surface area contributed by atoms with Crippen molar-refractivity contribution in [3.63, 3.8) is 0 Å². The number of halogens is 1. The second-order valence-electron chi connectivity index (χ2n) is 3.58. The summed E-state index contributed by atoms with van der Waals surface area (Å²) in [7, 11) is 1.64. The monoisotopic (exact) mass is 285 g/mol. The lowest BCUT2D eigenvalue weighted by Gasteiger charge is -2.11. The van der Waals surface area contributed by atoms with Crippen molar-refractivity contribution < 1.29 is 9.53 Å². The van der Waals surface area contributed by atoms with E-state index in [1.165, 1.54) is 0 Å². The van der Waals surface area contributed by atoms with Crippen LogP contribution in [0.5, 0.6) is 5.75 Å². The summed E-state index contributed by atoms with van der Waals surface area (Å²) in [6, 6.07) is 5.80. The molecule has 0 unspecified atom stereocenters. The maximum atomic E-state index is 10.8. The normalized spacial score (nSPS) is 9.94. The Balaban J connectivity index is 2.51. The second-order valence-corrected chi connectivity index (χ2v) is 4.49. The van der Waals surface area contributed by atoms with Crippen LogP contribution in [0.25, 0.3) is 0 Å². The van der Waals surface area contributed by atoms with Crippen LogP contribution in [0.3, 0.4) is 0 Å². The van der Waals surface area contributed by atoms with Gasteiger partial charge in [0.2, 0.25) is 0 Å². The first kappa shape index (κ1) is 13.0. The predicted molar refractivity (Wildman–Crippen MR) is 69.1 cm³/mol. The van der Waals surface area contributed by atoms with E-state index in [1.54, 1.807) is 14.0 Å². The zero-order chi connectivity index (χ0) is 12.0. The number of hydrogen-bond donors (Lipinski definition) is 1. The molecular formula is C12H16BrNO2. The first-order chi connectivity index (χ1) is 7.63. The summed E-state index contributed by atoms with van der Waals surface area (Å²) in [5.74, 6) is 1.04. The molecule has 3 nitrogen and oxygen atoms in total. The van der Waals surface area contributed by atoms with Gasteiger partial charge >= 0.3 is 0 Å². The van der Waals surface area contributed by atoms with Gasteiger partial charge in [0.1, 0.15) is 11.5 Å². The van der Waals surface area contributed by atoms with Crippen LogP contribution in [0.1, 0.15) is 19.8 Å². The van der Waals surface area contributed by atoms with Crippen LogP contribution in [-0.4, -0.2) is 19.4 Å². The Morgan fingerprint density at radius 3 is 2.88 bits per heavy atom. The number of benzene rings is 1. The van der Waals surface area contributed by atoms with Gasteiger partial charge < -0.3 is 14.8 Å². The molecule has 0 aliphatic rings. The molecule has 1 aromatic rings. The third kappa shape index (κ3) is 4.23. The Hall–Kier alpha value is -1.03. The highest BCUT2D eigenvalue weighted by atomic mass is 79.9. The number of Topliss-reactive ketones (excluding diaryl/α,β-unsaturated/α-hetero) is 1. The largest absolute Gasteiger partial charge is 0.495 e. The molecule has 0 heterocycles. The maximum Gasteiger partial charge on any atom is 0.142 e. The van der Waals surface area contributed by atoms with Gasteiger partial charge in [0.05, 0.1) is 12.8 Å². The van der Waals surface area contributed by atoms with Crippen molar-refractivity contribution >= 4 is 27.4 Å². The number of carbonyl (C=O) groups is 1. The first-order valence-electron chi connectivity index (χ1n) is 5.20. The lowest BCUT2D eigenvalue weighted by molar-refractivity contribution is -0.117. The number of methoxy groups -OCH3 is 1. The van der Waals surface area contributed by atoms with E-state index < -0.39 is 0 Å². The van der Waals surface area contributed by atoms with Crippen LogP contribution in [0, 0.1) is 0 Å². The summed E-state index contributed by atoms with van der Waals surface area (Å²) in [5, 5.41) is 3.25. The Morgan fingerprint density at radius 1 is 1.50 bits per heavy atom. The Labute approximate surface area is 104 Å². The van der Waals surface area contributed by atoms with Gasteiger partial charge in [0.25, 0.3) is 0 Å². The number of anilines is 1. The van der Waals surface area contributed by atoms with Crippen molar-refractivity contribution in [3.05, 3.63) is 22.7 Å². The molecule has 0 aliphatic heterocycles. The minimum absolute atomic E-state index is 0.225. The maximum absolute atomic E-state index is 10.8. The number of nitrogens with one attached hydrogen (secondary N) is 1. The molecule has 1 rings (SSSR count). The van der Waals surface area contributed by atoms with Crippen molar-refractivity contribution in [2.75, 3.05) is 19.0 Å². The molecule has 0 radical (unpaired) electrons. The topological polar surface area (TPSA) is 38.3 Å². The van der Waals surface area contributed by atoms with Crippen molar-refractivity contribution in [1.82, 2.24) is 0 Å². The third-order valence-electron chi connectivity index (χ3n) is 2.18. The molecule has 4 heteroatoms. The molecule has 0 aromatic heterocycles. The van der Waals surface area contributed by atoms with Crippen LogP contribution < -0.4 is 10.1 Å². The van der Waals surface area contributed by atoms with Gasteiger partial charge in [-0.05, 0) is 31.5 Å². The average molecular weight is 286 g/mol. The van der Waals surface area contributed by atoms with Gasteiger partial charge in [-0.1, -0.05) is 15.9 Å². The zero-order valence-corrected chi connectivity index (χ0v) is 11.1. The molecule has 0 saturated heterocycles. The van der Waals surface area contributed by atoms with Crippen molar-refractivity contribution in [1.29, 1.82) is 0 Å². The van der Waals surface area contributed by atoms with Crippen molar-refractivity contribution in [3.8, 4) is 5.75 Å². The van der Waals surface area contributed by atoms with Gasteiger partial charge in [-0.3, -0.25) is 0 Å². The Bertz CT molecular complexity index is 366. The SMILES string of the molecule is COc1ccc(Br)cc1NCCCC(C)=O. The van der Waals surface area contributed by atoms with Crippen LogP contribution >= 0.6 is 15.9 Å². The summed E-state index contributed by atoms with van der Waals surface area (Å²) in [4.78, 5) is 10.8. The number of carbonyl (C=O) groups excluding carboxylic acids is 1. The lowest BCUT2D eigenvalue weighted by atomic mass is 10.2. The molecule has 0 spiro atoms. The summed E-state index contributed by atoms with van der Waals surface area (Å²) in [6.07, 6.45) is 1.45. The highest BCUT2D eigenvalue weighted by molar-refractivity contribution is 9.10. The summed E-state index contributed by atoms with van der Waals surface area (Å²) in [5.41, 5.74) is 0.945. The predicted octanol–water partition coefficient (Wildman–Crippen LogP) is 3.24. The molecule has 0 amide bonds. The van der Waals surface area contributed by atoms with E-state index in [-0.39, 0.29) is 5.78 Å². The van der Waals surface area contributed by atoms with Gasteiger partial charge in [0.15, 0.2) is 0 Å². The van der Waals surface area contributed by atoms with E-state index in [2.05, 4.69) is 21.2 Å². The van der Waals surface area contributed by atoms with Crippen molar-refractivity contribution in [2.45, 2.75) is 19.8 Å². The number of hydrogen-bond acceptors (Lipinski definition) is 3. The van der Waals surface area contributed by atoms with Crippen LogP contribution in [0.2, 0.25) is 0 Å². The van der Waals surface area contributed by atoms with E-state index in [4.69, 9.17) is 4.74 Å². The number of ether oxygens (including phenoxy) is 1. The van der Waals surface area contributed by atoms with E-state index in [1.807, 2.05) is 18.2 Å². The molecule has 0 bridgehead atoms. The zero-order valence-electron chi connectivity index (χ0n) is 9.55. The van der Waals surface area contributed by atoms with Crippen LogP contribution in [0.4, 0.5) is 5.69 Å². The molecule has 1 aromatic carbocycles. The van der Waals surface area contributed by atoms with Gasteiger partial charge in [-0.15, -0.1) is 0 Å². The fraction of sp³-hybridized carbons (Fsp3) is 0.417.